The number of hydrogen-bond acceptors (Lipinski definition) is 3. The van der Waals surface area contributed by atoms with Crippen LogP contribution in [0.5, 0.6) is 0 Å². The number of aryl methyl sites for hydroxylation is 1. The predicted octanol–water partition coefficient (Wildman–Crippen LogP) is 3.62. The first-order chi connectivity index (χ1) is 13.1. The zero-order chi connectivity index (χ0) is 18.5. The van der Waals surface area contributed by atoms with Crippen molar-refractivity contribution in [3.63, 3.8) is 0 Å². The Morgan fingerprint density at radius 1 is 1.15 bits per heavy atom. The van der Waals surface area contributed by atoms with Crippen molar-refractivity contribution < 1.29 is 0 Å². The summed E-state index contributed by atoms with van der Waals surface area (Å²) in [7, 11) is 2.12. The Morgan fingerprint density at radius 3 is 2.85 bits per heavy atom. The first-order valence-electron chi connectivity index (χ1n) is 9.66. The van der Waals surface area contributed by atoms with E-state index >= 15 is 0 Å². The summed E-state index contributed by atoms with van der Waals surface area (Å²) >= 11 is 6.42. The van der Waals surface area contributed by atoms with Gasteiger partial charge >= 0.3 is 0 Å². The molecule has 0 spiro atoms. The van der Waals surface area contributed by atoms with Gasteiger partial charge in [0.05, 0.1) is 23.0 Å². The number of imidazole rings is 2. The third-order valence-electron chi connectivity index (χ3n) is 6.02. The largest absolute Gasteiger partial charge is 0.332 e. The summed E-state index contributed by atoms with van der Waals surface area (Å²) in [5.74, 6) is 2.18. The van der Waals surface area contributed by atoms with Crippen LogP contribution in [0.15, 0.2) is 30.5 Å². The SMILES string of the molecule is Cc1cn2c(n1)CN(C1CCc3c(nc(-c4ccccc4Cl)n3C)C1)CC2. The molecule has 0 radical (unpaired) electrons. The molecule has 6 heteroatoms. The van der Waals surface area contributed by atoms with Crippen molar-refractivity contribution in [3.05, 3.63) is 58.4 Å². The van der Waals surface area contributed by atoms with Crippen LogP contribution in [0.2, 0.25) is 5.02 Å². The fourth-order valence-corrected chi connectivity index (χ4v) is 4.83. The number of fused-ring (bicyclic) bond motifs is 2. The summed E-state index contributed by atoms with van der Waals surface area (Å²) in [6.07, 6.45) is 5.42. The Hall–Kier alpha value is -2.11. The minimum atomic E-state index is 0.539. The first-order valence-corrected chi connectivity index (χ1v) is 10.0. The predicted molar refractivity (Wildman–Crippen MR) is 107 cm³/mol. The summed E-state index contributed by atoms with van der Waals surface area (Å²) in [5.41, 5.74) is 4.72. The summed E-state index contributed by atoms with van der Waals surface area (Å²) in [4.78, 5) is 12.3. The van der Waals surface area contributed by atoms with Gasteiger partial charge in [-0.3, -0.25) is 4.90 Å². The Morgan fingerprint density at radius 2 is 2.00 bits per heavy atom. The molecule has 1 atom stereocenters. The van der Waals surface area contributed by atoms with Gasteiger partial charge in [0.2, 0.25) is 0 Å². The molecule has 2 aliphatic rings. The number of hydrogen-bond donors (Lipinski definition) is 0. The van der Waals surface area contributed by atoms with Gasteiger partial charge in [-0.25, -0.2) is 9.97 Å². The Balaban J connectivity index is 1.41. The maximum absolute atomic E-state index is 6.42. The van der Waals surface area contributed by atoms with Gasteiger partial charge in [0.1, 0.15) is 11.6 Å². The van der Waals surface area contributed by atoms with Gasteiger partial charge in [0, 0.05) is 50.1 Å². The highest BCUT2D eigenvalue weighted by atomic mass is 35.5. The lowest BCUT2D eigenvalue weighted by Crippen LogP contribution is -2.44. The molecule has 1 unspecified atom stereocenters. The molecule has 0 N–H and O–H groups in total. The highest BCUT2D eigenvalue weighted by Crippen LogP contribution is 2.32. The second kappa shape index (κ2) is 6.50. The van der Waals surface area contributed by atoms with E-state index in [4.69, 9.17) is 21.6 Å². The number of rotatable bonds is 2. The molecule has 27 heavy (non-hydrogen) atoms. The van der Waals surface area contributed by atoms with Crippen LogP contribution in [0.25, 0.3) is 11.4 Å². The maximum Gasteiger partial charge on any atom is 0.141 e. The van der Waals surface area contributed by atoms with Crippen molar-refractivity contribution >= 4 is 11.6 Å². The van der Waals surface area contributed by atoms with Crippen molar-refractivity contribution in [2.24, 2.45) is 7.05 Å². The van der Waals surface area contributed by atoms with Crippen molar-refractivity contribution in [3.8, 4) is 11.4 Å². The van der Waals surface area contributed by atoms with Crippen molar-refractivity contribution in [1.29, 1.82) is 0 Å². The molecule has 0 saturated carbocycles. The van der Waals surface area contributed by atoms with Crippen LogP contribution >= 0.6 is 11.6 Å². The zero-order valence-electron chi connectivity index (χ0n) is 15.8. The van der Waals surface area contributed by atoms with Crippen LogP contribution in [-0.4, -0.2) is 36.6 Å². The van der Waals surface area contributed by atoms with E-state index in [0.29, 0.717) is 6.04 Å². The van der Waals surface area contributed by atoms with Crippen molar-refractivity contribution in [2.75, 3.05) is 6.54 Å². The van der Waals surface area contributed by atoms with Crippen LogP contribution in [0, 0.1) is 6.92 Å². The lowest BCUT2D eigenvalue weighted by Gasteiger charge is -2.36. The van der Waals surface area contributed by atoms with Gasteiger partial charge in [-0.05, 0) is 31.9 Å². The second-order valence-electron chi connectivity index (χ2n) is 7.73. The molecule has 0 saturated heterocycles. The molecule has 3 aromatic rings. The van der Waals surface area contributed by atoms with Crippen molar-refractivity contribution in [1.82, 2.24) is 24.0 Å². The standard InChI is InChI=1S/C21H24ClN5/c1-14-12-27-10-9-26(13-20(27)23-14)15-7-8-19-18(11-15)24-21(25(19)2)16-5-3-4-6-17(16)22/h3-6,12,15H,7-11,13H2,1-2H3. The quantitative estimate of drug-likeness (QED) is 0.680. The smallest absolute Gasteiger partial charge is 0.141 e. The van der Waals surface area contributed by atoms with E-state index in [1.807, 2.05) is 18.2 Å². The van der Waals surface area contributed by atoms with Crippen LogP contribution < -0.4 is 0 Å². The summed E-state index contributed by atoms with van der Waals surface area (Å²) in [5, 5.41) is 0.762. The van der Waals surface area contributed by atoms with Gasteiger partial charge in [0.25, 0.3) is 0 Å². The second-order valence-corrected chi connectivity index (χ2v) is 8.13. The minimum Gasteiger partial charge on any atom is -0.332 e. The lowest BCUT2D eigenvalue weighted by atomic mass is 9.94. The molecule has 0 fully saturated rings. The molecule has 1 aliphatic heterocycles. The fraction of sp³-hybridized carbons (Fsp3) is 0.429. The number of nitrogens with zero attached hydrogens (tertiary/aromatic N) is 5. The normalized spacial score (nSPS) is 19.7. The molecule has 5 nitrogen and oxygen atoms in total. The Bertz CT molecular complexity index is 1000. The van der Waals surface area contributed by atoms with E-state index in [1.54, 1.807) is 0 Å². The highest BCUT2D eigenvalue weighted by molar-refractivity contribution is 6.33. The average molecular weight is 382 g/mol. The third-order valence-corrected chi connectivity index (χ3v) is 6.35. The Kier molecular flexibility index (Phi) is 4.10. The van der Waals surface area contributed by atoms with Crippen LogP contribution in [-0.2, 0) is 33.0 Å². The van der Waals surface area contributed by atoms with Gasteiger partial charge in [-0.2, -0.15) is 0 Å². The molecular formula is C21H24ClN5. The molecule has 0 bridgehead atoms. The maximum atomic E-state index is 6.42. The van der Waals surface area contributed by atoms with Crippen LogP contribution in [0.1, 0.15) is 29.3 Å². The molecule has 2 aromatic heterocycles. The lowest BCUT2D eigenvalue weighted by molar-refractivity contribution is 0.138. The van der Waals surface area contributed by atoms with Gasteiger partial charge in [-0.15, -0.1) is 0 Å². The third kappa shape index (κ3) is 2.89. The summed E-state index contributed by atoms with van der Waals surface area (Å²) in [6, 6.07) is 8.52. The van der Waals surface area contributed by atoms with E-state index in [2.05, 4.69) is 40.3 Å². The summed E-state index contributed by atoms with van der Waals surface area (Å²) < 4.78 is 4.54. The van der Waals surface area contributed by atoms with Gasteiger partial charge in [0.15, 0.2) is 0 Å². The molecule has 140 valence electrons. The number of aromatic nitrogens is 4. The van der Waals surface area contributed by atoms with Crippen molar-refractivity contribution in [2.45, 2.75) is 45.3 Å². The van der Waals surface area contributed by atoms with E-state index in [1.165, 1.54) is 23.6 Å². The molecule has 1 aromatic carbocycles. The van der Waals surface area contributed by atoms with E-state index in [9.17, 15) is 0 Å². The average Bonchev–Trinajstić information content (AvgIpc) is 3.20. The highest BCUT2D eigenvalue weighted by Gasteiger charge is 2.31. The van der Waals surface area contributed by atoms with E-state index in [-0.39, 0.29) is 0 Å². The molecule has 5 rings (SSSR count). The number of halogens is 1. The Labute approximate surface area is 164 Å². The van der Waals surface area contributed by atoms with Crippen LogP contribution in [0.3, 0.4) is 0 Å². The van der Waals surface area contributed by atoms with Crippen LogP contribution in [0.4, 0.5) is 0 Å². The van der Waals surface area contributed by atoms with Gasteiger partial charge < -0.3 is 9.13 Å². The van der Waals surface area contributed by atoms with E-state index < -0.39 is 0 Å². The first kappa shape index (κ1) is 17.0. The molecule has 1 aliphatic carbocycles. The molecular weight excluding hydrogens is 358 g/mol. The summed E-state index contributed by atoms with van der Waals surface area (Å²) in [6.45, 7) is 5.14. The zero-order valence-corrected chi connectivity index (χ0v) is 16.6. The topological polar surface area (TPSA) is 38.9 Å². The fourth-order valence-electron chi connectivity index (χ4n) is 4.61. The van der Waals surface area contributed by atoms with E-state index in [0.717, 1.165) is 54.6 Å². The molecule has 0 amide bonds. The molecule has 3 heterocycles. The monoisotopic (exact) mass is 381 g/mol. The number of benzene rings is 1. The van der Waals surface area contributed by atoms with Gasteiger partial charge in [-0.1, -0.05) is 23.7 Å². The minimum absolute atomic E-state index is 0.539.